The zero-order valence-corrected chi connectivity index (χ0v) is 12.8. The summed E-state index contributed by atoms with van der Waals surface area (Å²) >= 11 is 0. The summed E-state index contributed by atoms with van der Waals surface area (Å²) in [6, 6.07) is 12.6. The van der Waals surface area contributed by atoms with Crippen LogP contribution in [-0.2, 0) is 22.7 Å². The van der Waals surface area contributed by atoms with Crippen LogP contribution < -0.4 is 5.32 Å². The van der Waals surface area contributed by atoms with Gasteiger partial charge in [0.2, 0.25) is 11.8 Å². The quantitative estimate of drug-likeness (QED) is 0.890. The Labute approximate surface area is 129 Å². The van der Waals surface area contributed by atoms with Gasteiger partial charge in [0.15, 0.2) is 0 Å². The van der Waals surface area contributed by atoms with Crippen molar-refractivity contribution in [3.8, 4) is 0 Å². The largest absolute Gasteiger partial charge is 0.467 e. The lowest BCUT2D eigenvalue weighted by Crippen LogP contribution is -2.46. The zero-order chi connectivity index (χ0) is 15.9. The molecule has 1 aromatic carbocycles. The molecule has 22 heavy (non-hydrogen) atoms. The number of hydrogen-bond donors (Lipinski definition) is 1. The van der Waals surface area contributed by atoms with Crippen molar-refractivity contribution in [2.75, 3.05) is 0 Å². The number of furan rings is 1. The Morgan fingerprint density at radius 2 is 1.91 bits per heavy atom. The molecule has 0 spiro atoms. The Morgan fingerprint density at radius 1 is 1.18 bits per heavy atom. The molecule has 0 radical (unpaired) electrons. The first-order valence-electron chi connectivity index (χ1n) is 7.19. The van der Waals surface area contributed by atoms with Crippen LogP contribution in [0, 0.1) is 0 Å². The SMILES string of the molecule is CC(=O)N(Cc1ccccc1)C(C)C(=O)NCc1ccco1. The molecule has 0 aliphatic heterocycles. The van der Waals surface area contributed by atoms with Gasteiger partial charge in [-0.05, 0) is 24.6 Å². The molecule has 1 aromatic heterocycles. The monoisotopic (exact) mass is 300 g/mol. The predicted molar refractivity (Wildman–Crippen MR) is 82.7 cm³/mol. The Bertz CT molecular complexity index is 608. The van der Waals surface area contributed by atoms with Crippen molar-refractivity contribution < 1.29 is 14.0 Å². The van der Waals surface area contributed by atoms with Crippen LogP contribution in [0.5, 0.6) is 0 Å². The molecule has 1 unspecified atom stereocenters. The second-order valence-corrected chi connectivity index (χ2v) is 5.11. The highest BCUT2D eigenvalue weighted by Crippen LogP contribution is 2.09. The fraction of sp³-hybridized carbons (Fsp3) is 0.294. The molecule has 0 saturated carbocycles. The summed E-state index contributed by atoms with van der Waals surface area (Å²) in [6.07, 6.45) is 1.56. The van der Waals surface area contributed by atoms with E-state index in [1.54, 1.807) is 30.2 Å². The van der Waals surface area contributed by atoms with Gasteiger partial charge in [-0.25, -0.2) is 0 Å². The maximum atomic E-state index is 12.2. The Kier molecular flexibility index (Phi) is 5.36. The first kappa shape index (κ1) is 15.8. The van der Waals surface area contributed by atoms with Crippen LogP contribution in [0.1, 0.15) is 25.2 Å². The van der Waals surface area contributed by atoms with Crippen molar-refractivity contribution in [1.29, 1.82) is 0 Å². The first-order chi connectivity index (χ1) is 10.6. The van der Waals surface area contributed by atoms with E-state index in [1.807, 2.05) is 30.3 Å². The lowest BCUT2D eigenvalue weighted by Gasteiger charge is -2.27. The zero-order valence-electron chi connectivity index (χ0n) is 12.8. The number of nitrogens with one attached hydrogen (secondary N) is 1. The standard InChI is InChI=1S/C17H20N2O3/c1-13(17(21)18-11-16-9-6-10-22-16)19(14(2)20)12-15-7-4-3-5-8-15/h3-10,13H,11-12H2,1-2H3,(H,18,21). The molecular formula is C17H20N2O3. The molecular weight excluding hydrogens is 280 g/mol. The van der Waals surface area contributed by atoms with E-state index in [1.165, 1.54) is 6.92 Å². The van der Waals surface area contributed by atoms with Crippen molar-refractivity contribution >= 4 is 11.8 Å². The minimum atomic E-state index is -0.548. The molecule has 5 nitrogen and oxygen atoms in total. The molecule has 2 rings (SSSR count). The van der Waals surface area contributed by atoms with Crippen LogP contribution in [-0.4, -0.2) is 22.8 Å². The normalized spacial score (nSPS) is 11.7. The van der Waals surface area contributed by atoms with Gasteiger partial charge in [-0.15, -0.1) is 0 Å². The average Bonchev–Trinajstić information content (AvgIpc) is 3.03. The average molecular weight is 300 g/mol. The molecule has 116 valence electrons. The minimum Gasteiger partial charge on any atom is -0.467 e. The molecule has 0 aliphatic carbocycles. The minimum absolute atomic E-state index is 0.135. The van der Waals surface area contributed by atoms with Crippen molar-refractivity contribution in [3.05, 3.63) is 60.1 Å². The molecule has 2 aromatic rings. The third kappa shape index (κ3) is 4.22. The number of carbonyl (C=O) groups excluding carboxylic acids is 2. The van der Waals surface area contributed by atoms with Crippen molar-refractivity contribution in [2.24, 2.45) is 0 Å². The molecule has 1 heterocycles. The summed E-state index contributed by atoms with van der Waals surface area (Å²) in [5, 5.41) is 2.78. The number of rotatable bonds is 6. The highest BCUT2D eigenvalue weighted by molar-refractivity contribution is 5.86. The van der Waals surface area contributed by atoms with E-state index in [2.05, 4.69) is 5.32 Å². The van der Waals surface area contributed by atoms with Gasteiger partial charge >= 0.3 is 0 Å². The van der Waals surface area contributed by atoms with Crippen LogP contribution in [0.25, 0.3) is 0 Å². The van der Waals surface area contributed by atoms with Gasteiger partial charge in [0.1, 0.15) is 11.8 Å². The fourth-order valence-electron chi connectivity index (χ4n) is 2.18. The van der Waals surface area contributed by atoms with E-state index in [4.69, 9.17) is 4.42 Å². The van der Waals surface area contributed by atoms with Crippen LogP contribution in [0.3, 0.4) is 0 Å². The molecule has 0 aliphatic rings. The molecule has 1 N–H and O–H groups in total. The van der Waals surface area contributed by atoms with Crippen LogP contribution in [0.2, 0.25) is 0 Å². The molecule has 1 atom stereocenters. The van der Waals surface area contributed by atoms with E-state index < -0.39 is 6.04 Å². The summed E-state index contributed by atoms with van der Waals surface area (Å²) in [7, 11) is 0. The Balaban J connectivity index is 1.97. The van der Waals surface area contributed by atoms with Gasteiger partial charge < -0.3 is 14.6 Å². The molecule has 0 bridgehead atoms. The van der Waals surface area contributed by atoms with Gasteiger partial charge in [0, 0.05) is 13.5 Å². The maximum Gasteiger partial charge on any atom is 0.242 e. The third-order valence-electron chi connectivity index (χ3n) is 3.46. The van der Waals surface area contributed by atoms with Gasteiger partial charge in [0.05, 0.1) is 12.8 Å². The van der Waals surface area contributed by atoms with Crippen LogP contribution >= 0.6 is 0 Å². The van der Waals surface area contributed by atoms with E-state index in [0.717, 1.165) is 5.56 Å². The second-order valence-electron chi connectivity index (χ2n) is 5.11. The summed E-state index contributed by atoms with van der Waals surface area (Å²) in [5.74, 6) is 0.338. The Morgan fingerprint density at radius 3 is 2.50 bits per heavy atom. The fourth-order valence-corrected chi connectivity index (χ4v) is 2.18. The number of carbonyl (C=O) groups is 2. The lowest BCUT2D eigenvalue weighted by atomic mass is 10.1. The van der Waals surface area contributed by atoms with E-state index >= 15 is 0 Å². The van der Waals surface area contributed by atoms with Crippen molar-refractivity contribution in [2.45, 2.75) is 33.0 Å². The van der Waals surface area contributed by atoms with E-state index in [9.17, 15) is 9.59 Å². The van der Waals surface area contributed by atoms with Gasteiger partial charge in [-0.2, -0.15) is 0 Å². The van der Waals surface area contributed by atoms with Gasteiger partial charge in [-0.3, -0.25) is 9.59 Å². The van der Waals surface area contributed by atoms with Crippen LogP contribution in [0.15, 0.2) is 53.1 Å². The highest BCUT2D eigenvalue weighted by atomic mass is 16.3. The summed E-state index contributed by atoms with van der Waals surface area (Å²) in [4.78, 5) is 25.6. The molecule has 0 saturated heterocycles. The third-order valence-corrected chi connectivity index (χ3v) is 3.46. The number of benzene rings is 1. The summed E-state index contributed by atoms with van der Waals surface area (Å²) < 4.78 is 5.17. The van der Waals surface area contributed by atoms with Crippen LogP contribution in [0.4, 0.5) is 0 Å². The topological polar surface area (TPSA) is 62.6 Å². The summed E-state index contributed by atoms with van der Waals surface area (Å²) in [6.45, 7) is 3.92. The number of hydrogen-bond acceptors (Lipinski definition) is 3. The molecule has 2 amide bonds. The highest BCUT2D eigenvalue weighted by Gasteiger charge is 2.23. The Hall–Kier alpha value is -2.56. The smallest absolute Gasteiger partial charge is 0.242 e. The van der Waals surface area contributed by atoms with Gasteiger partial charge in [-0.1, -0.05) is 30.3 Å². The van der Waals surface area contributed by atoms with E-state index in [0.29, 0.717) is 18.8 Å². The molecule has 0 fully saturated rings. The number of amides is 2. The van der Waals surface area contributed by atoms with Gasteiger partial charge in [0.25, 0.3) is 0 Å². The lowest BCUT2D eigenvalue weighted by molar-refractivity contribution is -0.139. The second kappa shape index (κ2) is 7.45. The maximum absolute atomic E-state index is 12.2. The molecule has 5 heteroatoms. The first-order valence-corrected chi connectivity index (χ1v) is 7.19. The predicted octanol–water partition coefficient (Wildman–Crippen LogP) is 2.33. The van der Waals surface area contributed by atoms with Crippen molar-refractivity contribution in [1.82, 2.24) is 10.2 Å². The van der Waals surface area contributed by atoms with Crippen molar-refractivity contribution in [3.63, 3.8) is 0 Å². The number of nitrogens with zero attached hydrogens (tertiary/aromatic N) is 1. The van der Waals surface area contributed by atoms with E-state index in [-0.39, 0.29) is 11.8 Å². The summed E-state index contributed by atoms with van der Waals surface area (Å²) in [5.41, 5.74) is 0.989.